The monoisotopic (exact) mass is 431 g/mol. The molecule has 4 aliphatic rings. The number of amides is 1. The van der Waals surface area contributed by atoms with E-state index in [1.807, 2.05) is 0 Å². The molecule has 0 aromatic carbocycles. The van der Waals surface area contributed by atoms with Crippen LogP contribution in [0.3, 0.4) is 0 Å². The van der Waals surface area contributed by atoms with Crippen LogP contribution in [0.4, 0.5) is 0 Å². The molecule has 0 heterocycles. The Labute approximate surface area is 189 Å². The highest BCUT2D eigenvalue weighted by atomic mass is 16.4. The molecular weight excluding hydrogens is 386 g/mol. The Kier molecular flexibility index (Phi) is 6.49. The van der Waals surface area contributed by atoms with E-state index >= 15 is 0 Å². The third-order valence-corrected chi connectivity index (χ3v) is 11.0. The molecule has 4 fully saturated rings. The average Bonchev–Trinajstić information content (AvgIpc) is 3.08. The van der Waals surface area contributed by atoms with Crippen LogP contribution in [0.2, 0.25) is 0 Å². The van der Waals surface area contributed by atoms with Gasteiger partial charge in [-0.15, -0.1) is 0 Å². The predicted octanol–water partition coefficient (Wildman–Crippen LogP) is 5.99. The molecule has 1 amide bonds. The van der Waals surface area contributed by atoms with E-state index in [1.165, 1.54) is 69.1 Å². The number of carboxylic acid groups (broad SMARTS) is 1. The standard InChI is InChI=1S/C27H45NO3/c1-18(8-13-24(29)28(4)17-25(30)31)21-11-12-22-20-10-9-19-7-5-6-15-26(19,2)23(20)14-16-27(21,22)3/h18-23H,5-17H2,1-4H3,(H,30,31)/t18-,19+,20+,21-,22+,23+,26+,27-/m1/s1. The van der Waals surface area contributed by atoms with E-state index in [-0.39, 0.29) is 12.5 Å². The molecule has 0 radical (unpaired) electrons. The fourth-order valence-corrected chi connectivity index (χ4v) is 9.30. The van der Waals surface area contributed by atoms with Crippen LogP contribution in [0.1, 0.15) is 97.8 Å². The minimum absolute atomic E-state index is 0.0267. The van der Waals surface area contributed by atoms with Crippen molar-refractivity contribution in [3.8, 4) is 0 Å². The van der Waals surface area contributed by atoms with Gasteiger partial charge in [0.15, 0.2) is 0 Å². The lowest BCUT2D eigenvalue weighted by Crippen LogP contribution is -2.53. The molecule has 176 valence electrons. The zero-order valence-corrected chi connectivity index (χ0v) is 20.4. The van der Waals surface area contributed by atoms with Gasteiger partial charge in [0.1, 0.15) is 6.54 Å². The van der Waals surface area contributed by atoms with Gasteiger partial charge in [0.25, 0.3) is 0 Å². The molecule has 31 heavy (non-hydrogen) atoms. The van der Waals surface area contributed by atoms with Gasteiger partial charge >= 0.3 is 5.97 Å². The van der Waals surface area contributed by atoms with E-state index in [0.29, 0.717) is 29.1 Å². The first-order valence-corrected chi connectivity index (χ1v) is 13.1. The molecule has 0 spiro atoms. The highest BCUT2D eigenvalue weighted by molar-refractivity contribution is 5.80. The van der Waals surface area contributed by atoms with Crippen LogP contribution in [-0.4, -0.2) is 35.5 Å². The van der Waals surface area contributed by atoms with Crippen molar-refractivity contribution in [2.75, 3.05) is 13.6 Å². The summed E-state index contributed by atoms with van der Waals surface area (Å²) in [6.07, 6.45) is 15.7. The van der Waals surface area contributed by atoms with E-state index in [9.17, 15) is 9.59 Å². The summed E-state index contributed by atoms with van der Waals surface area (Å²) in [5.41, 5.74) is 1.04. The van der Waals surface area contributed by atoms with E-state index in [0.717, 1.165) is 30.1 Å². The maximum atomic E-state index is 12.4. The quantitative estimate of drug-likeness (QED) is 0.561. The molecule has 4 nitrogen and oxygen atoms in total. The van der Waals surface area contributed by atoms with E-state index in [2.05, 4.69) is 20.8 Å². The van der Waals surface area contributed by atoms with Gasteiger partial charge in [-0.05, 0) is 104 Å². The van der Waals surface area contributed by atoms with Gasteiger partial charge in [-0.25, -0.2) is 0 Å². The van der Waals surface area contributed by atoms with Crippen molar-refractivity contribution in [3.63, 3.8) is 0 Å². The second-order valence-electron chi connectivity index (χ2n) is 12.3. The van der Waals surface area contributed by atoms with Gasteiger partial charge in [0.2, 0.25) is 5.91 Å². The first-order chi connectivity index (χ1) is 14.7. The summed E-state index contributed by atoms with van der Waals surface area (Å²) in [6, 6.07) is 0. The fraction of sp³-hybridized carbons (Fsp3) is 0.926. The van der Waals surface area contributed by atoms with Gasteiger partial charge in [-0.3, -0.25) is 9.59 Å². The minimum Gasteiger partial charge on any atom is -0.480 e. The molecule has 4 heteroatoms. The molecule has 4 saturated carbocycles. The van der Waals surface area contributed by atoms with Gasteiger partial charge in [-0.1, -0.05) is 33.6 Å². The van der Waals surface area contributed by atoms with Crippen LogP contribution in [-0.2, 0) is 9.59 Å². The number of aliphatic carboxylic acids is 1. The van der Waals surface area contributed by atoms with Crippen molar-refractivity contribution >= 4 is 11.9 Å². The average molecular weight is 432 g/mol. The van der Waals surface area contributed by atoms with Gasteiger partial charge < -0.3 is 10.0 Å². The molecule has 0 aromatic rings. The Morgan fingerprint density at radius 3 is 2.45 bits per heavy atom. The molecule has 4 aliphatic carbocycles. The van der Waals surface area contributed by atoms with Crippen LogP contribution in [0.5, 0.6) is 0 Å². The third-order valence-electron chi connectivity index (χ3n) is 11.0. The zero-order valence-electron chi connectivity index (χ0n) is 20.4. The number of carbonyl (C=O) groups excluding carboxylic acids is 1. The number of rotatable bonds is 6. The highest BCUT2D eigenvalue weighted by Crippen LogP contribution is 2.68. The Morgan fingerprint density at radius 1 is 0.968 bits per heavy atom. The number of carboxylic acids is 1. The topological polar surface area (TPSA) is 57.6 Å². The molecular formula is C27H45NO3. The lowest BCUT2D eigenvalue weighted by Gasteiger charge is -2.61. The summed E-state index contributed by atoms with van der Waals surface area (Å²) in [7, 11) is 1.61. The molecule has 0 saturated heterocycles. The van der Waals surface area contributed by atoms with E-state index < -0.39 is 5.97 Å². The Hall–Kier alpha value is -1.06. The minimum atomic E-state index is -0.937. The van der Waals surface area contributed by atoms with Crippen molar-refractivity contribution in [3.05, 3.63) is 0 Å². The highest BCUT2D eigenvalue weighted by Gasteiger charge is 2.60. The molecule has 8 atom stereocenters. The van der Waals surface area contributed by atoms with E-state index in [1.54, 1.807) is 7.05 Å². The number of carbonyl (C=O) groups is 2. The van der Waals surface area contributed by atoms with Crippen LogP contribution in [0.25, 0.3) is 0 Å². The maximum absolute atomic E-state index is 12.4. The molecule has 0 bridgehead atoms. The van der Waals surface area contributed by atoms with Crippen LogP contribution >= 0.6 is 0 Å². The fourth-order valence-electron chi connectivity index (χ4n) is 9.30. The Balaban J connectivity index is 1.40. The third kappa shape index (κ3) is 4.06. The summed E-state index contributed by atoms with van der Waals surface area (Å²) in [6.45, 7) is 7.41. The lowest BCUT2D eigenvalue weighted by atomic mass is 9.44. The van der Waals surface area contributed by atoms with Crippen molar-refractivity contribution in [1.82, 2.24) is 4.90 Å². The predicted molar refractivity (Wildman–Crippen MR) is 124 cm³/mol. The second-order valence-corrected chi connectivity index (χ2v) is 12.3. The molecule has 4 rings (SSSR count). The summed E-state index contributed by atoms with van der Waals surface area (Å²) < 4.78 is 0. The summed E-state index contributed by atoms with van der Waals surface area (Å²) in [4.78, 5) is 24.6. The normalized spacial score (nSPS) is 42.8. The van der Waals surface area contributed by atoms with Gasteiger partial charge in [-0.2, -0.15) is 0 Å². The summed E-state index contributed by atoms with van der Waals surface area (Å²) in [5.74, 6) is 4.03. The smallest absolute Gasteiger partial charge is 0.323 e. The molecule has 0 aliphatic heterocycles. The van der Waals surface area contributed by atoms with Crippen LogP contribution in [0, 0.1) is 46.3 Å². The second kappa shape index (κ2) is 8.71. The van der Waals surface area contributed by atoms with Crippen molar-refractivity contribution in [2.45, 2.75) is 97.8 Å². The summed E-state index contributed by atoms with van der Waals surface area (Å²) in [5, 5.41) is 8.94. The first kappa shape index (κ1) is 23.1. The van der Waals surface area contributed by atoms with Crippen molar-refractivity contribution < 1.29 is 14.7 Å². The SMILES string of the molecule is C[C@H](CCC(=O)N(C)CC(=O)O)[C@H]1CC[C@H]2[C@@H]3CC[C@@H]4CCCC[C@]4(C)[C@H]3CC[C@]12C. The Morgan fingerprint density at radius 2 is 1.71 bits per heavy atom. The number of hydrogen-bond acceptors (Lipinski definition) is 2. The summed E-state index contributed by atoms with van der Waals surface area (Å²) >= 11 is 0. The lowest BCUT2D eigenvalue weighted by molar-refractivity contribution is -0.143. The number of nitrogens with zero attached hydrogens (tertiary/aromatic N) is 1. The van der Waals surface area contributed by atoms with Gasteiger partial charge in [0.05, 0.1) is 0 Å². The van der Waals surface area contributed by atoms with Crippen molar-refractivity contribution in [2.24, 2.45) is 46.3 Å². The number of hydrogen-bond donors (Lipinski definition) is 1. The van der Waals surface area contributed by atoms with Gasteiger partial charge in [0, 0.05) is 13.5 Å². The van der Waals surface area contributed by atoms with Crippen LogP contribution < -0.4 is 0 Å². The molecule has 0 unspecified atom stereocenters. The van der Waals surface area contributed by atoms with E-state index in [4.69, 9.17) is 5.11 Å². The molecule has 1 N–H and O–H groups in total. The maximum Gasteiger partial charge on any atom is 0.323 e. The first-order valence-electron chi connectivity index (χ1n) is 13.1. The molecule has 0 aromatic heterocycles. The van der Waals surface area contributed by atoms with Crippen molar-refractivity contribution in [1.29, 1.82) is 0 Å². The largest absolute Gasteiger partial charge is 0.480 e. The zero-order chi connectivity index (χ0) is 22.4. The Bertz CT molecular complexity index is 692. The van der Waals surface area contributed by atoms with Crippen LogP contribution in [0.15, 0.2) is 0 Å². The number of likely N-dealkylation sites (N-methyl/N-ethyl adjacent to an activating group) is 1. The number of fused-ring (bicyclic) bond motifs is 5.